The molecule has 1 saturated heterocycles. The molecule has 0 aliphatic carbocycles. The van der Waals surface area contributed by atoms with Crippen molar-refractivity contribution in [2.45, 2.75) is 30.5 Å². The summed E-state index contributed by atoms with van der Waals surface area (Å²) in [5.41, 5.74) is 1.30. The Bertz CT molecular complexity index is 1170. The normalized spacial score (nSPS) is 17.4. The number of halogens is 5. The number of H-pyrrole nitrogens is 1. The van der Waals surface area contributed by atoms with Crippen molar-refractivity contribution >= 4 is 28.5 Å². The summed E-state index contributed by atoms with van der Waals surface area (Å²) in [7, 11) is 2.00. The molecule has 0 bridgehead atoms. The van der Waals surface area contributed by atoms with Crippen molar-refractivity contribution in [3.63, 3.8) is 0 Å². The van der Waals surface area contributed by atoms with Crippen molar-refractivity contribution in [1.82, 2.24) is 15.1 Å². The molecule has 4 rings (SSSR count). The third-order valence-corrected chi connectivity index (χ3v) is 6.67. The second-order valence-electron chi connectivity index (χ2n) is 8.82. The first-order chi connectivity index (χ1) is 16.6. The minimum Gasteiger partial charge on any atom is -0.456 e. The zero-order chi connectivity index (χ0) is 25.2. The molecule has 0 spiro atoms. The van der Waals surface area contributed by atoms with Crippen LogP contribution in [0.3, 0.4) is 0 Å². The molecule has 11 heteroatoms. The Kier molecular flexibility index (Phi) is 7.35. The zero-order valence-electron chi connectivity index (χ0n) is 18.9. The quantitative estimate of drug-likeness (QED) is 0.348. The number of esters is 1. The first-order valence-electron chi connectivity index (χ1n) is 11.0. The molecule has 1 unspecified atom stereocenters. The van der Waals surface area contributed by atoms with Crippen molar-refractivity contribution in [3.8, 4) is 0 Å². The summed E-state index contributed by atoms with van der Waals surface area (Å²) in [6.07, 6.45) is -3.27. The Hall–Kier alpha value is -2.69. The van der Waals surface area contributed by atoms with E-state index >= 15 is 0 Å². The molecule has 6 nitrogen and oxygen atoms in total. The summed E-state index contributed by atoms with van der Waals surface area (Å²) in [5, 5.41) is 7.75. The molecule has 1 N–H and O–H groups in total. The highest BCUT2D eigenvalue weighted by atomic mass is 35.5. The Morgan fingerprint density at radius 1 is 1.23 bits per heavy atom. The van der Waals surface area contributed by atoms with Crippen molar-refractivity contribution < 1.29 is 31.8 Å². The highest BCUT2D eigenvalue weighted by molar-refractivity contribution is 6.31. The number of nitrogens with one attached hydrogen (secondary N) is 1. The van der Waals surface area contributed by atoms with Gasteiger partial charge in [-0.3, -0.25) is 5.10 Å². The van der Waals surface area contributed by atoms with Gasteiger partial charge in [-0.2, -0.15) is 18.3 Å². The first kappa shape index (κ1) is 25.4. The standard InChI is InChI=1S/C24H24ClF4N3O3/c1-32-8-6-23(7-9-32,16-2-4-18(26)5-3-16)14-35-20(13-34-22(33)24(27,28)29)19-11-17(25)10-15-12-30-31-21(15)19/h2-5,10-12,20H,6-9,13-14H2,1H3,(H,30,31). The number of fused-ring (bicyclic) bond motifs is 1. The van der Waals surface area contributed by atoms with E-state index in [2.05, 4.69) is 19.8 Å². The maximum atomic E-state index is 13.6. The fraction of sp³-hybridized carbons (Fsp3) is 0.417. The van der Waals surface area contributed by atoms with Crippen LogP contribution in [-0.4, -0.2) is 60.6 Å². The van der Waals surface area contributed by atoms with Crippen molar-refractivity contribution in [1.29, 1.82) is 0 Å². The molecule has 1 atom stereocenters. The number of ether oxygens (including phenoxy) is 2. The van der Waals surface area contributed by atoms with Crippen LogP contribution in [0.1, 0.15) is 30.1 Å². The van der Waals surface area contributed by atoms with E-state index in [4.69, 9.17) is 16.3 Å². The molecule has 35 heavy (non-hydrogen) atoms. The molecule has 0 radical (unpaired) electrons. The van der Waals surface area contributed by atoms with Gasteiger partial charge in [0.1, 0.15) is 18.5 Å². The van der Waals surface area contributed by atoms with E-state index in [0.29, 0.717) is 34.3 Å². The van der Waals surface area contributed by atoms with Crippen LogP contribution in [0, 0.1) is 5.82 Å². The fourth-order valence-electron chi connectivity index (χ4n) is 4.39. The van der Waals surface area contributed by atoms with Crippen LogP contribution in [0.4, 0.5) is 17.6 Å². The monoisotopic (exact) mass is 513 g/mol. The van der Waals surface area contributed by atoms with E-state index in [1.807, 2.05) is 7.05 Å². The highest BCUT2D eigenvalue weighted by Crippen LogP contribution is 2.38. The number of likely N-dealkylation sites (tertiary alicyclic amines) is 1. The Morgan fingerprint density at radius 3 is 2.57 bits per heavy atom. The molecule has 0 saturated carbocycles. The largest absolute Gasteiger partial charge is 0.490 e. The third kappa shape index (κ3) is 5.76. The molecule has 1 fully saturated rings. The van der Waals surface area contributed by atoms with Gasteiger partial charge >= 0.3 is 12.1 Å². The van der Waals surface area contributed by atoms with Crippen molar-refractivity contribution in [3.05, 3.63) is 64.6 Å². The molecule has 188 valence electrons. The van der Waals surface area contributed by atoms with Crippen LogP contribution in [0.25, 0.3) is 10.9 Å². The van der Waals surface area contributed by atoms with Gasteiger partial charge in [0, 0.05) is 21.4 Å². The highest BCUT2D eigenvalue weighted by Gasteiger charge is 2.42. The minimum absolute atomic E-state index is 0.114. The van der Waals surface area contributed by atoms with Gasteiger partial charge in [0.2, 0.25) is 0 Å². The lowest BCUT2D eigenvalue weighted by atomic mass is 9.73. The van der Waals surface area contributed by atoms with Gasteiger partial charge in [-0.15, -0.1) is 0 Å². The van der Waals surface area contributed by atoms with E-state index in [-0.39, 0.29) is 12.4 Å². The molecule has 2 heterocycles. The van der Waals surface area contributed by atoms with Crippen molar-refractivity contribution in [2.75, 3.05) is 33.4 Å². The Balaban J connectivity index is 1.65. The van der Waals surface area contributed by atoms with E-state index in [1.165, 1.54) is 18.3 Å². The third-order valence-electron chi connectivity index (χ3n) is 6.45. The summed E-state index contributed by atoms with van der Waals surface area (Å²) in [6, 6.07) is 9.36. The molecule has 1 aliphatic rings. The van der Waals surface area contributed by atoms with E-state index in [0.717, 1.165) is 18.7 Å². The first-order valence-corrected chi connectivity index (χ1v) is 11.4. The number of piperidine rings is 1. The van der Waals surface area contributed by atoms with Crippen LogP contribution in [0.5, 0.6) is 0 Å². The van der Waals surface area contributed by atoms with Gasteiger partial charge in [-0.1, -0.05) is 23.7 Å². The summed E-state index contributed by atoms with van der Waals surface area (Å²) in [6.45, 7) is 0.960. The number of carbonyl (C=O) groups is 1. The summed E-state index contributed by atoms with van der Waals surface area (Å²) in [5.74, 6) is -2.67. The van der Waals surface area contributed by atoms with Gasteiger partial charge < -0.3 is 14.4 Å². The zero-order valence-corrected chi connectivity index (χ0v) is 19.6. The Morgan fingerprint density at radius 2 is 1.91 bits per heavy atom. The second-order valence-corrected chi connectivity index (χ2v) is 9.25. The Labute approximate surface area is 204 Å². The van der Waals surface area contributed by atoms with Gasteiger partial charge in [-0.25, -0.2) is 9.18 Å². The molecular formula is C24H24ClF4N3O3. The predicted octanol–water partition coefficient (Wildman–Crippen LogP) is 5.18. The van der Waals surface area contributed by atoms with E-state index < -0.39 is 30.3 Å². The van der Waals surface area contributed by atoms with Gasteiger partial charge in [0.05, 0.1) is 18.3 Å². The number of aromatic amines is 1. The molecule has 0 amide bonds. The topological polar surface area (TPSA) is 67.5 Å². The lowest BCUT2D eigenvalue weighted by Crippen LogP contribution is -2.44. The predicted molar refractivity (Wildman–Crippen MR) is 122 cm³/mol. The second kappa shape index (κ2) is 10.1. The number of hydrogen-bond donors (Lipinski definition) is 1. The van der Waals surface area contributed by atoms with Crippen molar-refractivity contribution in [2.24, 2.45) is 0 Å². The van der Waals surface area contributed by atoms with E-state index in [9.17, 15) is 22.4 Å². The SMILES string of the molecule is CN1CCC(COC(COC(=O)C(F)(F)F)c2cc(Cl)cc3cn[nH]c23)(c2ccc(F)cc2)CC1. The van der Waals surface area contributed by atoms with Crippen LogP contribution >= 0.6 is 11.6 Å². The van der Waals surface area contributed by atoms with Crippen LogP contribution in [-0.2, 0) is 19.7 Å². The molecule has 1 aliphatic heterocycles. The summed E-state index contributed by atoms with van der Waals surface area (Å²) < 4.78 is 62.8. The minimum atomic E-state index is -5.13. The number of nitrogens with zero attached hydrogens (tertiary/aromatic N) is 2. The smallest absolute Gasteiger partial charge is 0.456 e. The molecule has 3 aromatic rings. The number of hydrogen-bond acceptors (Lipinski definition) is 5. The number of rotatable bonds is 7. The molecule has 1 aromatic heterocycles. The number of alkyl halides is 3. The van der Waals surface area contributed by atoms with Gasteiger partial charge in [0.25, 0.3) is 0 Å². The number of carbonyl (C=O) groups excluding carboxylic acids is 1. The maximum absolute atomic E-state index is 13.6. The van der Waals surface area contributed by atoms with Gasteiger partial charge in [0.15, 0.2) is 0 Å². The van der Waals surface area contributed by atoms with Crippen LogP contribution in [0.2, 0.25) is 5.02 Å². The maximum Gasteiger partial charge on any atom is 0.490 e. The molecular weight excluding hydrogens is 490 g/mol. The number of benzene rings is 2. The lowest BCUT2D eigenvalue weighted by molar-refractivity contribution is -0.203. The average Bonchev–Trinajstić information content (AvgIpc) is 3.28. The van der Waals surface area contributed by atoms with Gasteiger partial charge in [-0.05, 0) is 62.8 Å². The molecule has 2 aromatic carbocycles. The van der Waals surface area contributed by atoms with Crippen LogP contribution < -0.4 is 0 Å². The average molecular weight is 514 g/mol. The lowest BCUT2D eigenvalue weighted by Gasteiger charge is -2.41. The number of aromatic nitrogens is 2. The summed E-state index contributed by atoms with van der Waals surface area (Å²) >= 11 is 6.24. The summed E-state index contributed by atoms with van der Waals surface area (Å²) in [4.78, 5) is 13.6. The van der Waals surface area contributed by atoms with Crippen LogP contribution in [0.15, 0.2) is 42.6 Å². The van der Waals surface area contributed by atoms with E-state index in [1.54, 1.807) is 24.3 Å². The fourth-order valence-corrected chi connectivity index (χ4v) is 4.62.